The summed E-state index contributed by atoms with van der Waals surface area (Å²) in [6.07, 6.45) is 0. The summed E-state index contributed by atoms with van der Waals surface area (Å²) in [4.78, 5) is 13.1. The molecule has 0 atom stereocenters. The van der Waals surface area contributed by atoms with Crippen LogP contribution in [-0.4, -0.2) is 31.5 Å². The summed E-state index contributed by atoms with van der Waals surface area (Å²) in [6, 6.07) is 5.79. The van der Waals surface area contributed by atoms with Gasteiger partial charge in [-0.1, -0.05) is 18.2 Å². The van der Waals surface area contributed by atoms with Crippen LogP contribution in [-0.2, 0) is 9.53 Å². The van der Waals surface area contributed by atoms with E-state index in [1.165, 1.54) is 12.0 Å². The zero-order valence-electron chi connectivity index (χ0n) is 9.86. The van der Waals surface area contributed by atoms with Crippen LogP contribution in [0.5, 0.6) is 0 Å². The van der Waals surface area contributed by atoms with Crippen LogP contribution in [0.3, 0.4) is 0 Å². The van der Waals surface area contributed by atoms with Crippen molar-refractivity contribution in [3.05, 3.63) is 29.3 Å². The van der Waals surface area contributed by atoms with Gasteiger partial charge >= 0.3 is 0 Å². The Balaban J connectivity index is 3.15. The Morgan fingerprint density at radius 3 is 2.38 bits per heavy atom. The molecule has 0 fully saturated rings. The first-order valence-electron chi connectivity index (χ1n) is 5.08. The third kappa shape index (κ3) is 2.59. The molecule has 0 spiro atoms. The largest absolute Gasteiger partial charge is 0.387 e. The molecule has 1 N–H and O–H groups in total. The van der Waals surface area contributed by atoms with Crippen LogP contribution in [0.4, 0.5) is 5.69 Å². The summed E-state index contributed by atoms with van der Waals surface area (Å²) >= 11 is 0. The minimum Gasteiger partial charge on any atom is -0.387 e. The molecule has 0 aliphatic carbocycles. The number of aliphatic hydroxyl groups excluding tert-OH is 1. The fraction of sp³-hybridized carbons (Fsp3) is 0.417. The first kappa shape index (κ1) is 12.7. The van der Waals surface area contributed by atoms with Crippen LogP contribution in [0.25, 0.3) is 0 Å². The molecular weight excluding hydrogens is 206 g/mol. The van der Waals surface area contributed by atoms with E-state index in [1.807, 2.05) is 32.0 Å². The molecule has 1 aromatic carbocycles. The molecule has 0 aliphatic rings. The summed E-state index contributed by atoms with van der Waals surface area (Å²) in [5.74, 6) is -0.362. The molecule has 0 bridgehead atoms. The maximum absolute atomic E-state index is 11.6. The first-order valence-corrected chi connectivity index (χ1v) is 5.08. The summed E-state index contributed by atoms with van der Waals surface area (Å²) in [7, 11) is 1.52. The zero-order chi connectivity index (χ0) is 12.1. The molecule has 0 saturated carbocycles. The van der Waals surface area contributed by atoms with E-state index >= 15 is 0 Å². The van der Waals surface area contributed by atoms with E-state index in [0.717, 1.165) is 16.8 Å². The van der Waals surface area contributed by atoms with Crippen molar-refractivity contribution in [3.8, 4) is 0 Å². The molecule has 1 aromatic rings. The van der Waals surface area contributed by atoms with Gasteiger partial charge in [0.25, 0.3) is 5.91 Å². The Kier molecular flexibility index (Phi) is 4.46. The number of carbonyl (C=O) groups excluding carboxylic acids is 1. The van der Waals surface area contributed by atoms with Gasteiger partial charge in [0.1, 0.15) is 13.3 Å². The molecule has 1 rings (SSSR count). The highest BCUT2D eigenvalue weighted by Crippen LogP contribution is 2.24. The van der Waals surface area contributed by atoms with Gasteiger partial charge in [0.05, 0.1) is 5.69 Å². The van der Waals surface area contributed by atoms with Gasteiger partial charge in [-0.05, 0) is 25.0 Å². The van der Waals surface area contributed by atoms with E-state index in [4.69, 9.17) is 9.84 Å². The average molecular weight is 223 g/mol. The predicted molar refractivity (Wildman–Crippen MR) is 62.4 cm³/mol. The third-order valence-corrected chi connectivity index (χ3v) is 2.40. The smallest absolute Gasteiger partial charge is 0.254 e. The average Bonchev–Trinajstić information content (AvgIpc) is 2.26. The van der Waals surface area contributed by atoms with Crippen LogP contribution in [0.2, 0.25) is 0 Å². The highest BCUT2D eigenvalue weighted by molar-refractivity contribution is 5.95. The number of amides is 1. The van der Waals surface area contributed by atoms with E-state index in [1.54, 1.807) is 0 Å². The molecule has 0 aromatic heterocycles. The van der Waals surface area contributed by atoms with E-state index in [9.17, 15) is 4.79 Å². The maximum Gasteiger partial charge on any atom is 0.254 e. The molecule has 4 nitrogen and oxygen atoms in total. The summed E-state index contributed by atoms with van der Waals surface area (Å²) in [5, 5.41) is 8.93. The van der Waals surface area contributed by atoms with Crippen LogP contribution in [0.15, 0.2) is 18.2 Å². The SMILES string of the molecule is COCN(C(=O)CO)c1c(C)cccc1C. The lowest BCUT2D eigenvalue weighted by Gasteiger charge is -2.24. The normalized spacial score (nSPS) is 10.2. The van der Waals surface area contributed by atoms with Gasteiger partial charge in [0.15, 0.2) is 0 Å². The van der Waals surface area contributed by atoms with Crippen molar-refractivity contribution in [3.63, 3.8) is 0 Å². The van der Waals surface area contributed by atoms with E-state index in [2.05, 4.69) is 0 Å². The van der Waals surface area contributed by atoms with E-state index < -0.39 is 6.61 Å². The second-order valence-corrected chi connectivity index (χ2v) is 3.64. The monoisotopic (exact) mass is 223 g/mol. The Labute approximate surface area is 95.5 Å². The Bertz CT molecular complexity index is 356. The fourth-order valence-corrected chi connectivity index (χ4v) is 1.71. The molecular formula is C12H17NO3. The van der Waals surface area contributed by atoms with Gasteiger partial charge in [0.2, 0.25) is 0 Å². The van der Waals surface area contributed by atoms with Crippen molar-refractivity contribution in [1.29, 1.82) is 0 Å². The Morgan fingerprint density at radius 1 is 1.38 bits per heavy atom. The topological polar surface area (TPSA) is 49.8 Å². The van der Waals surface area contributed by atoms with Crippen molar-refractivity contribution in [2.24, 2.45) is 0 Å². The summed E-state index contributed by atoms with van der Waals surface area (Å²) in [5.41, 5.74) is 2.78. The number of nitrogens with zero attached hydrogens (tertiary/aromatic N) is 1. The number of methoxy groups -OCH3 is 1. The number of hydrogen-bond acceptors (Lipinski definition) is 3. The van der Waals surface area contributed by atoms with Crippen molar-refractivity contribution >= 4 is 11.6 Å². The van der Waals surface area contributed by atoms with Crippen LogP contribution >= 0.6 is 0 Å². The second-order valence-electron chi connectivity index (χ2n) is 3.64. The van der Waals surface area contributed by atoms with E-state index in [0.29, 0.717) is 0 Å². The molecule has 0 unspecified atom stereocenters. The molecule has 0 saturated heterocycles. The number of ether oxygens (including phenoxy) is 1. The van der Waals surface area contributed by atoms with Gasteiger partial charge < -0.3 is 9.84 Å². The fourth-order valence-electron chi connectivity index (χ4n) is 1.71. The van der Waals surface area contributed by atoms with Crippen LogP contribution < -0.4 is 4.90 Å². The third-order valence-electron chi connectivity index (χ3n) is 2.40. The number of para-hydroxylation sites is 1. The van der Waals surface area contributed by atoms with Crippen LogP contribution in [0, 0.1) is 13.8 Å². The molecule has 0 aliphatic heterocycles. The number of benzene rings is 1. The standard InChI is InChI=1S/C12H17NO3/c1-9-5-4-6-10(2)12(9)13(8-16-3)11(15)7-14/h4-6,14H,7-8H2,1-3H3. The Hall–Kier alpha value is -1.39. The zero-order valence-corrected chi connectivity index (χ0v) is 9.86. The molecule has 0 radical (unpaired) electrons. The summed E-state index contributed by atoms with van der Waals surface area (Å²) < 4.78 is 4.99. The molecule has 0 heterocycles. The lowest BCUT2D eigenvalue weighted by molar-refractivity contribution is -0.122. The number of carbonyl (C=O) groups is 1. The summed E-state index contributed by atoms with van der Waals surface area (Å²) in [6.45, 7) is 3.48. The molecule has 16 heavy (non-hydrogen) atoms. The van der Waals surface area contributed by atoms with Crippen molar-refractivity contribution in [1.82, 2.24) is 0 Å². The predicted octanol–water partition coefficient (Wildman–Crippen LogP) is 1.23. The van der Waals surface area contributed by atoms with Gasteiger partial charge in [0, 0.05) is 7.11 Å². The minimum absolute atomic E-state index is 0.144. The van der Waals surface area contributed by atoms with Gasteiger partial charge in [-0.3, -0.25) is 9.69 Å². The molecule has 88 valence electrons. The second kappa shape index (κ2) is 5.63. The lowest BCUT2D eigenvalue weighted by Crippen LogP contribution is -2.35. The number of hydrogen-bond donors (Lipinski definition) is 1. The minimum atomic E-state index is -0.517. The quantitative estimate of drug-likeness (QED) is 0.781. The van der Waals surface area contributed by atoms with Gasteiger partial charge in [-0.15, -0.1) is 0 Å². The number of anilines is 1. The maximum atomic E-state index is 11.6. The Morgan fingerprint density at radius 2 is 1.94 bits per heavy atom. The number of aliphatic hydroxyl groups is 1. The first-order chi connectivity index (χ1) is 7.61. The number of aryl methyl sites for hydroxylation is 2. The van der Waals surface area contributed by atoms with Crippen LogP contribution in [0.1, 0.15) is 11.1 Å². The van der Waals surface area contributed by atoms with Gasteiger partial charge in [-0.2, -0.15) is 0 Å². The molecule has 4 heteroatoms. The lowest BCUT2D eigenvalue weighted by atomic mass is 10.1. The van der Waals surface area contributed by atoms with Crippen molar-refractivity contribution in [2.45, 2.75) is 13.8 Å². The van der Waals surface area contributed by atoms with Crippen molar-refractivity contribution in [2.75, 3.05) is 25.3 Å². The highest BCUT2D eigenvalue weighted by atomic mass is 16.5. The van der Waals surface area contributed by atoms with E-state index in [-0.39, 0.29) is 12.6 Å². The van der Waals surface area contributed by atoms with Gasteiger partial charge in [-0.25, -0.2) is 0 Å². The van der Waals surface area contributed by atoms with Crippen molar-refractivity contribution < 1.29 is 14.6 Å². The highest BCUT2D eigenvalue weighted by Gasteiger charge is 2.17. The molecule has 1 amide bonds. The number of rotatable bonds is 4.